The average Bonchev–Trinajstić information content (AvgIpc) is 3.50. The lowest BCUT2D eigenvalue weighted by molar-refractivity contribution is 0.0737. The van der Waals surface area contributed by atoms with Crippen LogP contribution in [0.2, 0.25) is 5.02 Å². The van der Waals surface area contributed by atoms with Crippen molar-refractivity contribution in [2.45, 2.75) is 6.92 Å². The predicted molar refractivity (Wildman–Crippen MR) is 132 cm³/mol. The molecule has 2 aromatic heterocycles. The summed E-state index contributed by atoms with van der Waals surface area (Å²) in [7, 11) is 1.67. The molecule has 2 aromatic carbocycles. The van der Waals surface area contributed by atoms with Gasteiger partial charge in [0, 0.05) is 37.3 Å². The number of amides is 1. The maximum atomic E-state index is 13.7. The van der Waals surface area contributed by atoms with Crippen LogP contribution < -0.4 is 9.64 Å². The van der Waals surface area contributed by atoms with Crippen molar-refractivity contribution < 1.29 is 13.9 Å². The number of carbonyl (C=O) groups excluding carboxylic acids is 1. The SMILES string of the molecule is COc1ccccc1N1CCN(C(=O)c2cc(-c3ccc(C)o3)nn2-c2cccc(Cl)c2)CC1. The number of hydrogen-bond acceptors (Lipinski definition) is 5. The van der Waals surface area contributed by atoms with Gasteiger partial charge in [0.1, 0.15) is 22.9 Å². The van der Waals surface area contributed by atoms with E-state index in [1.807, 2.05) is 60.4 Å². The maximum Gasteiger partial charge on any atom is 0.272 e. The van der Waals surface area contributed by atoms with E-state index in [1.165, 1.54) is 0 Å². The van der Waals surface area contributed by atoms with E-state index in [2.05, 4.69) is 4.90 Å². The van der Waals surface area contributed by atoms with E-state index in [0.29, 0.717) is 48.3 Å². The van der Waals surface area contributed by atoms with Gasteiger partial charge in [0.25, 0.3) is 5.91 Å². The highest BCUT2D eigenvalue weighted by molar-refractivity contribution is 6.30. The fourth-order valence-electron chi connectivity index (χ4n) is 4.23. The number of aryl methyl sites for hydroxylation is 1. The number of halogens is 1. The zero-order valence-corrected chi connectivity index (χ0v) is 19.8. The molecule has 0 atom stereocenters. The second-order valence-electron chi connectivity index (χ2n) is 8.17. The van der Waals surface area contributed by atoms with Crippen LogP contribution in [-0.4, -0.2) is 53.9 Å². The fraction of sp³-hybridized carbons (Fsp3) is 0.231. The molecule has 1 aliphatic heterocycles. The van der Waals surface area contributed by atoms with Gasteiger partial charge in [-0.15, -0.1) is 0 Å². The molecule has 1 saturated heterocycles. The molecule has 174 valence electrons. The van der Waals surface area contributed by atoms with Gasteiger partial charge in [0.2, 0.25) is 0 Å². The summed E-state index contributed by atoms with van der Waals surface area (Å²) >= 11 is 6.23. The van der Waals surface area contributed by atoms with Crippen molar-refractivity contribution in [3.05, 3.63) is 83.2 Å². The predicted octanol–water partition coefficient (Wildman–Crippen LogP) is 5.07. The molecule has 3 heterocycles. The molecule has 0 unspecified atom stereocenters. The number of furan rings is 1. The van der Waals surface area contributed by atoms with Crippen molar-refractivity contribution in [1.82, 2.24) is 14.7 Å². The first-order valence-corrected chi connectivity index (χ1v) is 11.5. The molecule has 0 radical (unpaired) electrons. The summed E-state index contributed by atoms with van der Waals surface area (Å²) in [6, 6.07) is 20.8. The third-order valence-corrected chi connectivity index (χ3v) is 6.20. The van der Waals surface area contributed by atoms with Crippen LogP contribution in [0.15, 0.2) is 71.1 Å². The number of rotatable bonds is 5. The lowest BCUT2D eigenvalue weighted by atomic mass is 10.2. The molecule has 0 bridgehead atoms. The first kappa shape index (κ1) is 22.1. The quantitative estimate of drug-likeness (QED) is 0.402. The first-order valence-electron chi connectivity index (χ1n) is 11.1. The molecule has 1 amide bonds. The van der Waals surface area contributed by atoms with Crippen LogP contribution >= 0.6 is 11.6 Å². The number of para-hydroxylation sites is 2. The summed E-state index contributed by atoms with van der Waals surface area (Å²) < 4.78 is 12.9. The Morgan fingerprint density at radius 1 is 1.00 bits per heavy atom. The lowest BCUT2D eigenvalue weighted by Crippen LogP contribution is -2.49. The van der Waals surface area contributed by atoms with Crippen LogP contribution in [0, 0.1) is 6.92 Å². The second kappa shape index (κ2) is 9.27. The van der Waals surface area contributed by atoms with Crippen LogP contribution in [-0.2, 0) is 0 Å². The van der Waals surface area contributed by atoms with Gasteiger partial charge in [-0.25, -0.2) is 4.68 Å². The van der Waals surface area contributed by atoms with Gasteiger partial charge in [-0.1, -0.05) is 29.8 Å². The smallest absolute Gasteiger partial charge is 0.272 e. The maximum absolute atomic E-state index is 13.7. The highest BCUT2D eigenvalue weighted by Crippen LogP contribution is 2.29. The molecule has 0 spiro atoms. The minimum absolute atomic E-state index is 0.0818. The van der Waals surface area contributed by atoms with Crippen molar-refractivity contribution in [3.8, 4) is 22.9 Å². The fourth-order valence-corrected chi connectivity index (χ4v) is 4.42. The molecule has 5 rings (SSSR count). The van der Waals surface area contributed by atoms with Gasteiger partial charge in [-0.3, -0.25) is 4.79 Å². The number of piperazine rings is 1. The molecule has 4 aromatic rings. The van der Waals surface area contributed by atoms with Gasteiger partial charge < -0.3 is 19.0 Å². The highest BCUT2D eigenvalue weighted by atomic mass is 35.5. The Morgan fingerprint density at radius 3 is 2.50 bits per heavy atom. The molecule has 0 aliphatic carbocycles. The summed E-state index contributed by atoms with van der Waals surface area (Å²) in [6.07, 6.45) is 0. The molecule has 0 saturated carbocycles. The van der Waals surface area contributed by atoms with Crippen molar-refractivity contribution in [1.29, 1.82) is 0 Å². The van der Waals surface area contributed by atoms with E-state index >= 15 is 0 Å². The third-order valence-electron chi connectivity index (χ3n) is 5.97. The van der Waals surface area contributed by atoms with Crippen LogP contribution in [0.3, 0.4) is 0 Å². The topological polar surface area (TPSA) is 63.7 Å². The Hall–Kier alpha value is -3.71. The van der Waals surface area contributed by atoms with Gasteiger partial charge in [0.05, 0.1) is 18.5 Å². The highest BCUT2D eigenvalue weighted by Gasteiger charge is 2.27. The van der Waals surface area contributed by atoms with E-state index < -0.39 is 0 Å². The first-order chi connectivity index (χ1) is 16.5. The van der Waals surface area contributed by atoms with Crippen molar-refractivity contribution in [3.63, 3.8) is 0 Å². The summed E-state index contributed by atoms with van der Waals surface area (Å²) in [6.45, 7) is 4.48. The van der Waals surface area contributed by atoms with E-state index in [4.69, 9.17) is 25.9 Å². The number of aromatic nitrogens is 2. The number of hydrogen-bond donors (Lipinski definition) is 0. The molecule has 1 aliphatic rings. The van der Waals surface area contributed by atoms with Crippen LogP contribution in [0.5, 0.6) is 5.75 Å². The van der Waals surface area contributed by atoms with Gasteiger partial charge in [-0.05, 0) is 49.4 Å². The van der Waals surface area contributed by atoms with Crippen LogP contribution in [0.1, 0.15) is 16.2 Å². The number of nitrogens with zero attached hydrogens (tertiary/aromatic N) is 4. The van der Waals surface area contributed by atoms with Crippen molar-refractivity contribution in [2.75, 3.05) is 38.2 Å². The van der Waals surface area contributed by atoms with Gasteiger partial charge in [-0.2, -0.15) is 5.10 Å². The molecule has 34 heavy (non-hydrogen) atoms. The van der Waals surface area contributed by atoms with Gasteiger partial charge in [0.15, 0.2) is 5.76 Å². The summed E-state index contributed by atoms with van der Waals surface area (Å²) in [5.74, 6) is 2.15. The standard InChI is InChI=1S/C26H25ClN4O3/c1-18-10-11-24(34-18)21-17-23(31(28-21)20-7-5-6-19(27)16-20)26(32)30-14-12-29(13-15-30)22-8-3-4-9-25(22)33-2/h3-11,16-17H,12-15H2,1-2H3. The number of methoxy groups -OCH3 is 1. The lowest BCUT2D eigenvalue weighted by Gasteiger charge is -2.36. The Balaban J connectivity index is 1.42. The molecule has 8 heteroatoms. The molecular weight excluding hydrogens is 452 g/mol. The Morgan fingerprint density at radius 2 is 1.79 bits per heavy atom. The number of carbonyl (C=O) groups is 1. The number of benzene rings is 2. The van der Waals surface area contributed by atoms with E-state index in [9.17, 15) is 4.79 Å². The molecule has 0 N–H and O–H groups in total. The minimum atomic E-state index is -0.0818. The average molecular weight is 477 g/mol. The Labute approximate surface area is 203 Å². The van der Waals surface area contributed by atoms with E-state index in [0.717, 1.165) is 22.9 Å². The van der Waals surface area contributed by atoms with Crippen LogP contribution in [0.4, 0.5) is 5.69 Å². The van der Waals surface area contributed by atoms with Crippen LogP contribution in [0.25, 0.3) is 17.1 Å². The third kappa shape index (κ3) is 4.26. The Kier molecular flexibility index (Phi) is 6.02. The molecular formula is C26H25ClN4O3. The zero-order valence-electron chi connectivity index (χ0n) is 19.1. The number of anilines is 1. The zero-order chi connectivity index (χ0) is 23.7. The largest absolute Gasteiger partial charge is 0.495 e. The van der Waals surface area contributed by atoms with Gasteiger partial charge >= 0.3 is 0 Å². The summed E-state index contributed by atoms with van der Waals surface area (Å²) in [5.41, 5.74) is 2.83. The summed E-state index contributed by atoms with van der Waals surface area (Å²) in [5, 5.41) is 5.27. The van der Waals surface area contributed by atoms with Crippen molar-refractivity contribution in [2.24, 2.45) is 0 Å². The van der Waals surface area contributed by atoms with E-state index in [-0.39, 0.29) is 5.91 Å². The minimum Gasteiger partial charge on any atom is -0.495 e. The van der Waals surface area contributed by atoms with Crippen molar-refractivity contribution >= 4 is 23.2 Å². The normalized spacial score (nSPS) is 13.9. The second-order valence-corrected chi connectivity index (χ2v) is 8.60. The summed E-state index contributed by atoms with van der Waals surface area (Å²) in [4.78, 5) is 17.8. The molecule has 1 fully saturated rings. The van der Waals surface area contributed by atoms with E-state index in [1.54, 1.807) is 30.0 Å². The Bertz CT molecular complexity index is 1320. The number of ether oxygens (including phenoxy) is 1. The monoisotopic (exact) mass is 476 g/mol. The molecule has 7 nitrogen and oxygen atoms in total.